The molecule has 146 valence electrons. The maximum Gasteiger partial charge on any atom is 0.237 e. The number of aryl methyl sites for hydroxylation is 1. The molecule has 1 aromatic heterocycles. The smallest absolute Gasteiger partial charge is 0.237 e. The highest BCUT2D eigenvalue weighted by Gasteiger charge is 2.15. The van der Waals surface area contributed by atoms with E-state index in [-0.39, 0.29) is 5.91 Å². The molecule has 0 aliphatic rings. The summed E-state index contributed by atoms with van der Waals surface area (Å²) in [7, 11) is 0. The quantitative estimate of drug-likeness (QED) is 0.560. The molecule has 1 atom stereocenters. The largest absolute Gasteiger partial charge is 0.492 e. The molecular formula is C22H26N4O2. The molecule has 0 saturated heterocycles. The van der Waals surface area contributed by atoms with Crippen molar-refractivity contribution >= 4 is 5.91 Å². The number of hydrogen-bond acceptors (Lipinski definition) is 4. The molecule has 1 amide bonds. The molecular weight excluding hydrogens is 352 g/mol. The van der Waals surface area contributed by atoms with Crippen LogP contribution in [0.25, 0.3) is 0 Å². The summed E-state index contributed by atoms with van der Waals surface area (Å²) in [5, 5.41) is 2.81. The Morgan fingerprint density at radius 3 is 2.82 bits per heavy atom. The molecule has 3 aromatic rings. The minimum absolute atomic E-state index is 0.203. The van der Waals surface area contributed by atoms with Gasteiger partial charge in [-0.2, -0.15) is 0 Å². The van der Waals surface area contributed by atoms with Crippen molar-refractivity contribution in [2.24, 2.45) is 5.73 Å². The van der Waals surface area contributed by atoms with E-state index in [1.54, 1.807) is 6.33 Å². The normalized spacial score (nSPS) is 11.8. The maximum absolute atomic E-state index is 12.2. The second-order valence-electron chi connectivity index (χ2n) is 6.79. The molecule has 2 aromatic carbocycles. The number of amides is 1. The maximum atomic E-state index is 12.2. The number of carbonyl (C=O) groups is 1. The average Bonchev–Trinajstić information content (AvgIpc) is 3.12. The van der Waals surface area contributed by atoms with Gasteiger partial charge in [0.1, 0.15) is 12.4 Å². The highest BCUT2D eigenvalue weighted by molar-refractivity contribution is 5.81. The number of nitrogens with one attached hydrogen (secondary N) is 1. The van der Waals surface area contributed by atoms with Crippen molar-refractivity contribution < 1.29 is 9.53 Å². The summed E-state index contributed by atoms with van der Waals surface area (Å²) < 4.78 is 7.62. The second-order valence-corrected chi connectivity index (χ2v) is 6.79. The van der Waals surface area contributed by atoms with Crippen LogP contribution in [-0.2, 0) is 17.8 Å². The monoisotopic (exact) mass is 378 g/mol. The molecule has 0 aliphatic heterocycles. The molecule has 0 unspecified atom stereocenters. The first kappa shape index (κ1) is 19.6. The van der Waals surface area contributed by atoms with E-state index >= 15 is 0 Å². The van der Waals surface area contributed by atoms with Crippen LogP contribution in [0, 0.1) is 6.92 Å². The number of hydrogen-bond donors (Lipinski definition) is 2. The zero-order valence-corrected chi connectivity index (χ0v) is 16.0. The van der Waals surface area contributed by atoms with Gasteiger partial charge < -0.3 is 20.4 Å². The van der Waals surface area contributed by atoms with Gasteiger partial charge in [-0.25, -0.2) is 4.98 Å². The minimum atomic E-state index is -0.640. The fourth-order valence-corrected chi connectivity index (χ4v) is 2.89. The summed E-state index contributed by atoms with van der Waals surface area (Å²) in [4.78, 5) is 16.5. The van der Waals surface area contributed by atoms with Gasteiger partial charge in [0.05, 0.1) is 24.6 Å². The number of benzene rings is 2. The van der Waals surface area contributed by atoms with Gasteiger partial charge in [0.2, 0.25) is 5.91 Å². The predicted octanol–water partition coefficient (Wildman–Crippen LogP) is 2.30. The lowest BCUT2D eigenvalue weighted by atomic mass is 10.1. The predicted molar refractivity (Wildman–Crippen MR) is 109 cm³/mol. The van der Waals surface area contributed by atoms with E-state index in [1.165, 1.54) is 5.56 Å². The molecule has 3 N–H and O–H groups in total. The number of ether oxygens (including phenoxy) is 1. The van der Waals surface area contributed by atoms with Gasteiger partial charge in [0.15, 0.2) is 0 Å². The van der Waals surface area contributed by atoms with E-state index in [0.717, 1.165) is 23.6 Å². The third-order valence-electron chi connectivity index (χ3n) is 4.32. The lowest BCUT2D eigenvalue weighted by Gasteiger charge is -2.12. The molecule has 28 heavy (non-hydrogen) atoms. The number of carbonyl (C=O) groups excluding carboxylic acids is 1. The summed E-state index contributed by atoms with van der Waals surface area (Å²) >= 11 is 0. The van der Waals surface area contributed by atoms with Gasteiger partial charge in [0.25, 0.3) is 0 Å². The first-order valence-electron chi connectivity index (χ1n) is 9.37. The topological polar surface area (TPSA) is 82.2 Å². The van der Waals surface area contributed by atoms with Crippen LogP contribution in [0.15, 0.2) is 67.1 Å². The molecule has 0 fully saturated rings. The van der Waals surface area contributed by atoms with E-state index in [2.05, 4.69) is 22.4 Å². The van der Waals surface area contributed by atoms with Gasteiger partial charge in [-0.05, 0) is 30.2 Å². The van der Waals surface area contributed by atoms with Gasteiger partial charge in [-0.1, -0.05) is 42.5 Å². The van der Waals surface area contributed by atoms with Gasteiger partial charge in [-0.15, -0.1) is 0 Å². The first-order chi connectivity index (χ1) is 13.6. The number of rotatable bonds is 9. The average molecular weight is 378 g/mol. The SMILES string of the molecule is Cc1cccc(OCCNC(=O)[C@@H](N)Cc2cn(Cc3ccccc3)cn2)c1. The summed E-state index contributed by atoms with van der Waals surface area (Å²) in [6.45, 7) is 3.55. The Balaban J connectivity index is 1.40. The zero-order valence-electron chi connectivity index (χ0n) is 16.0. The van der Waals surface area contributed by atoms with E-state index in [4.69, 9.17) is 10.5 Å². The first-order valence-corrected chi connectivity index (χ1v) is 9.37. The lowest BCUT2D eigenvalue weighted by molar-refractivity contribution is -0.122. The summed E-state index contributed by atoms with van der Waals surface area (Å²) in [6.07, 6.45) is 4.09. The van der Waals surface area contributed by atoms with Gasteiger partial charge >= 0.3 is 0 Å². The summed E-state index contributed by atoms with van der Waals surface area (Å²) in [5.41, 5.74) is 9.15. The molecule has 0 bridgehead atoms. The third-order valence-corrected chi connectivity index (χ3v) is 4.32. The summed E-state index contributed by atoms with van der Waals surface area (Å²) in [6, 6.07) is 17.3. The fourth-order valence-electron chi connectivity index (χ4n) is 2.89. The summed E-state index contributed by atoms with van der Waals surface area (Å²) in [5.74, 6) is 0.591. The van der Waals surface area contributed by atoms with E-state index in [1.807, 2.05) is 60.2 Å². The molecule has 0 aliphatic carbocycles. The molecule has 0 radical (unpaired) electrons. The Hall–Kier alpha value is -3.12. The highest BCUT2D eigenvalue weighted by atomic mass is 16.5. The van der Waals surface area contributed by atoms with Crippen molar-refractivity contribution in [3.8, 4) is 5.75 Å². The Labute approximate surface area is 165 Å². The Kier molecular flexibility index (Phi) is 6.81. The Morgan fingerprint density at radius 2 is 2.04 bits per heavy atom. The number of imidazole rings is 1. The van der Waals surface area contributed by atoms with Crippen LogP contribution >= 0.6 is 0 Å². The Bertz CT molecular complexity index is 892. The van der Waals surface area contributed by atoms with Crippen LogP contribution in [0.1, 0.15) is 16.8 Å². The second kappa shape index (κ2) is 9.71. The zero-order chi connectivity index (χ0) is 19.8. The van der Waals surface area contributed by atoms with Crippen molar-refractivity contribution in [1.29, 1.82) is 0 Å². The molecule has 0 spiro atoms. The van der Waals surface area contributed by atoms with E-state index in [0.29, 0.717) is 19.6 Å². The van der Waals surface area contributed by atoms with Gasteiger partial charge in [0, 0.05) is 19.2 Å². The van der Waals surface area contributed by atoms with E-state index < -0.39 is 6.04 Å². The van der Waals surface area contributed by atoms with Crippen molar-refractivity contribution in [2.75, 3.05) is 13.2 Å². The van der Waals surface area contributed by atoms with E-state index in [9.17, 15) is 4.79 Å². The van der Waals surface area contributed by atoms with Crippen molar-refractivity contribution in [1.82, 2.24) is 14.9 Å². The number of nitrogens with zero attached hydrogens (tertiary/aromatic N) is 2. The number of nitrogens with two attached hydrogens (primary N) is 1. The van der Waals surface area contributed by atoms with Crippen molar-refractivity contribution in [3.63, 3.8) is 0 Å². The molecule has 0 saturated carbocycles. The fraction of sp³-hybridized carbons (Fsp3) is 0.273. The molecule has 6 nitrogen and oxygen atoms in total. The lowest BCUT2D eigenvalue weighted by Crippen LogP contribution is -2.43. The number of aromatic nitrogens is 2. The van der Waals surface area contributed by atoms with Gasteiger partial charge in [-0.3, -0.25) is 4.79 Å². The molecule has 3 rings (SSSR count). The molecule has 1 heterocycles. The van der Waals surface area contributed by atoms with Crippen LogP contribution in [0.2, 0.25) is 0 Å². The van der Waals surface area contributed by atoms with Crippen LogP contribution in [0.4, 0.5) is 0 Å². The van der Waals surface area contributed by atoms with Crippen molar-refractivity contribution in [3.05, 3.63) is 83.9 Å². The minimum Gasteiger partial charge on any atom is -0.492 e. The Morgan fingerprint density at radius 1 is 1.21 bits per heavy atom. The highest BCUT2D eigenvalue weighted by Crippen LogP contribution is 2.11. The third kappa shape index (κ3) is 5.96. The van der Waals surface area contributed by atoms with Crippen LogP contribution < -0.4 is 15.8 Å². The standard InChI is InChI=1S/C22H26N4O2/c1-17-6-5-9-20(12-17)28-11-10-24-22(27)21(23)13-19-15-26(16-25-19)14-18-7-3-2-4-8-18/h2-9,12,15-16,21H,10-11,13-14,23H2,1H3,(H,24,27)/t21-/m0/s1. The van der Waals surface area contributed by atoms with Crippen LogP contribution in [-0.4, -0.2) is 34.7 Å². The van der Waals surface area contributed by atoms with Crippen LogP contribution in [0.5, 0.6) is 5.75 Å². The van der Waals surface area contributed by atoms with Crippen LogP contribution in [0.3, 0.4) is 0 Å². The molecule has 6 heteroatoms. The van der Waals surface area contributed by atoms with Crippen molar-refractivity contribution in [2.45, 2.75) is 25.9 Å².